The number of hydrogen-bond acceptors (Lipinski definition) is 6. The lowest BCUT2D eigenvalue weighted by Gasteiger charge is -2.35. The Hall–Kier alpha value is -1.14. The fourth-order valence-electron chi connectivity index (χ4n) is 2.20. The van der Waals surface area contributed by atoms with E-state index >= 15 is 0 Å². The van der Waals surface area contributed by atoms with Crippen LogP contribution in [0.15, 0.2) is 4.42 Å². The molecule has 2 heterocycles. The van der Waals surface area contributed by atoms with E-state index in [1.807, 2.05) is 0 Å². The minimum absolute atomic E-state index is 0.0854. The van der Waals surface area contributed by atoms with Crippen LogP contribution in [0.4, 0.5) is 6.01 Å². The zero-order valence-electron chi connectivity index (χ0n) is 12.2. The molecule has 1 aromatic heterocycles. The van der Waals surface area contributed by atoms with Crippen LogP contribution in [0, 0.1) is 0 Å². The van der Waals surface area contributed by atoms with Crippen LogP contribution >= 0.6 is 0 Å². The lowest BCUT2D eigenvalue weighted by atomic mass is 9.94. The van der Waals surface area contributed by atoms with Gasteiger partial charge in [-0.25, -0.2) is 0 Å². The highest BCUT2D eigenvalue weighted by Crippen LogP contribution is 2.25. The van der Waals surface area contributed by atoms with Crippen molar-refractivity contribution in [3.05, 3.63) is 5.89 Å². The second kappa shape index (κ2) is 5.88. The van der Waals surface area contributed by atoms with E-state index in [-0.39, 0.29) is 5.60 Å². The molecule has 0 aromatic carbocycles. The third-order valence-electron chi connectivity index (χ3n) is 3.15. The first-order valence-electron chi connectivity index (χ1n) is 6.91. The zero-order chi connectivity index (χ0) is 13.9. The van der Waals surface area contributed by atoms with E-state index in [1.165, 1.54) is 0 Å². The summed E-state index contributed by atoms with van der Waals surface area (Å²) in [6.07, 6.45) is 1.90. The summed E-state index contributed by atoms with van der Waals surface area (Å²) in [5.41, 5.74) is -0.0854. The van der Waals surface area contributed by atoms with Crippen LogP contribution in [-0.2, 0) is 11.3 Å². The molecule has 1 unspecified atom stereocenters. The maximum atomic E-state index is 5.69. The fraction of sp³-hybridized carbons (Fsp3) is 0.846. The molecule has 1 aliphatic rings. The molecule has 19 heavy (non-hydrogen) atoms. The first-order chi connectivity index (χ1) is 8.94. The molecule has 6 heteroatoms. The van der Waals surface area contributed by atoms with E-state index in [0.29, 0.717) is 30.5 Å². The molecule has 0 saturated carbocycles. The molecule has 1 aromatic rings. The van der Waals surface area contributed by atoms with Gasteiger partial charge in [0, 0.05) is 18.7 Å². The normalized spacial score (nSPS) is 22.7. The van der Waals surface area contributed by atoms with Crippen molar-refractivity contribution in [3.8, 4) is 0 Å². The summed E-state index contributed by atoms with van der Waals surface area (Å²) in [5.74, 6) is 0.613. The quantitative estimate of drug-likeness (QED) is 0.850. The Labute approximate surface area is 114 Å². The van der Waals surface area contributed by atoms with Gasteiger partial charge in [0.1, 0.15) is 0 Å². The van der Waals surface area contributed by atoms with Crippen LogP contribution in [0.5, 0.6) is 0 Å². The summed E-state index contributed by atoms with van der Waals surface area (Å²) in [6.45, 7) is 9.74. The largest absolute Gasteiger partial charge is 0.407 e. The lowest BCUT2D eigenvalue weighted by Crippen LogP contribution is -2.40. The smallest absolute Gasteiger partial charge is 0.315 e. The standard InChI is InChI=1S/C13H24N4O2/c1-9(2)14-8-11-16-17-12(19-11)15-10-5-6-18-13(3,4)7-10/h9-10,14H,5-8H2,1-4H3,(H,15,17). The molecule has 2 N–H and O–H groups in total. The number of rotatable bonds is 5. The van der Waals surface area contributed by atoms with Crippen LogP contribution in [0.25, 0.3) is 0 Å². The molecule has 1 fully saturated rings. The minimum atomic E-state index is -0.0854. The Morgan fingerprint density at radius 2 is 2.16 bits per heavy atom. The highest BCUT2D eigenvalue weighted by molar-refractivity contribution is 5.20. The van der Waals surface area contributed by atoms with Crippen LogP contribution in [0.3, 0.4) is 0 Å². The van der Waals surface area contributed by atoms with Gasteiger partial charge in [-0.3, -0.25) is 0 Å². The SMILES string of the molecule is CC(C)NCc1nnc(NC2CCOC(C)(C)C2)o1. The van der Waals surface area contributed by atoms with E-state index in [9.17, 15) is 0 Å². The van der Waals surface area contributed by atoms with Crippen molar-refractivity contribution in [2.75, 3.05) is 11.9 Å². The van der Waals surface area contributed by atoms with Crippen molar-refractivity contribution in [2.24, 2.45) is 0 Å². The molecule has 1 aliphatic heterocycles. The summed E-state index contributed by atoms with van der Waals surface area (Å²) in [4.78, 5) is 0. The van der Waals surface area contributed by atoms with Crippen molar-refractivity contribution in [2.45, 2.75) is 64.8 Å². The summed E-state index contributed by atoms with van der Waals surface area (Å²) in [7, 11) is 0. The molecule has 1 saturated heterocycles. The Morgan fingerprint density at radius 3 is 2.84 bits per heavy atom. The van der Waals surface area contributed by atoms with Gasteiger partial charge in [-0.1, -0.05) is 18.9 Å². The molecule has 0 aliphatic carbocycles. The number of nitrogens with one attached hydrogen (secondary N) is 2. The second-order valence-electron chi connectivity index (χ2n) is 5.98. The molecule has 0 amide bonds. The monoisotopic (exact) mass is 268 g/mol. The summed E-state index contributed by atoms with van der Waals surface area (Å²) in [5, 5.41) is 14.6. The minimum Gasteiger partial charge on any atom is -0.407 e. The maximum Gasteiger partial charge on any atom is 0.315 e. The van der Waals surface area contributed by atoms with Gasteiger partial charge in [0.05, 0.1) is 12.1 Å². The third kappa shape index (κ3) is 4.47. The third-order valence-corrected chi connectivity index (χ3v) is 3.15. The van der Waals surface area contributed by atoms with Crippen LogP contribution in [0.1, 0.15) is 46.4 Å². The van der Waals surface area contributed by atoms with Gasteiger partial charge in [-0.05, 0) is 26.7 Å². The van der Waals surface area contributed by atoms with Gasteiger partial charge in [0.25, 0.3) is 0 Å². The van der Waals surface area contributed by atoms with E-state index in [1.54, 1.807) is 0 Å². The number of anilines is 1. The first kappa shape index (κ1) is 14.3. The molecule has 0 bridgehead atoms. The predicted octanol–water partition coefficient (Wildman–Crippen LogP) is 1.94. The molecule has 0 radical (unpaired) electrons. The molecule has 0 spiro atoms. The number of nitrogens with zero attached hydrogens (tertiary/aromatic N) is 2. The average Bonchev–Trinajstić information content (AvgIpc) is 2.73. The van der Waals surface area contributed by atoms with E-state index in [2.05, 4.69) is 48.5 Å². The molecule has 1 atom stereocenters. The molecule has 2 rings (SSSR count). The highest BCUT2D eigenvalue weighted by atomic mass is 16.5. The van der Waals surface area contributed by atoms with E-state index < -0.39 is 0 Å². The van der Waals surface area contributed by atoms with Crippen molar-refractivity contribution in [3.63, 3.8) is 0 Å². The van der Waals surface area contributed by atoms with Gasteiger partial charge in [-0.2, -0.15) is 0 Å². The summed E-state index contributed by atoms with van der Waals surface area (Å²) < 4.78 is 11.3. The number of hydrogen-bond donors (Lipinski definition) is 2. The van der Waals surface area contributed by atoms with Gasteiger partial charge in [-0.15, -0.1) is 5.10 Å². The zero-order valence-corrected chi connectivity index (χ0v) is 12.2. The maximum absolute atomic E-state index is 5.69. The Morgan fingerprint density at radius 1 is 1.37 bits per heavy atom. The van der Waals surface area contributed by atoms with Crippen molar-refractivity contribution >= 4 is 6.01 Å². The van der Waals surface area contributed by atoms with Crippen molar-refractivity contribution in [1.29, 1.82) is 0 Å². The van der Waals surface area contributed by atoms with Gasteiger partial charge in [0.2, 0.25) is 5.89 Å². The number of aromatic nitrogens is 2. The Balaban J connectivity index is 1.85. The summed E-state index contributed by atoms with van der Waals surface area (Å²) >= 11 is 0. The van der Waals surface area contributed by atoms with Crippen molar-refractivity contribution in [1.82, 2.24) is 15.5 Å². The lowest BCUT2D eigenvalue weighted by molar-refractivity contribution is -0.0555. The molecular weight excluding hydrogens is 244 g/mol. The summed E-state index contributed by atoms with van der Waals surface area (Å²) in [6, 6.07) is 1.23. The van der Waals surface area contributed by atoms with Crippen LogP contribution in [0.2, 0.25) is 0 Å². The second-order valence-corrected chi connectivity index (χ2v) is 5.98. The molecular formula is C13H24N4O2. The Kier molecular flexibility index (Phi) is 4.42. The van der Waals surface area contributed by atoms with Gasteiger partial charge < -0.3 is 19.8 Å². The molecule has 6 nitrogen and oxygen atoms in total. The first-order valence-corrected chi connectivity index (χ1v) is 6.91. The van der Waals surface area contributed by atoms with E-state index in [4.69, 9.17) is 9.15 Å². The fourth-order valence-corrected chi connectivity index (χ4v) is 2.20. The van der Waals surface area contributed by atoms with Crippen LogP contribution < -0.4 is 10.6 Å². The number of ether oxygens (including phenoxy) is 1. The predicted molar refractivity (Wildman–Crippen MR) is 72.9 cm³/mol. The highest BCUT2D eigenvalue weighted by Gasteiger charge is 2.29. The van der Waals surface area contributed by atoms with Crippen molar-refractivity contribution < 1.29 is 9.15 Å². The molecule has 108 valence electrons. The van der Waals surface area contributed by atoms with Crippen LogP contribution in [-0.4, -0.2) is 34.5 Å². The van der Waals surface area contributed by atoms with Gasteiger partial charge >= 0.3 is 6.01 Å². The topological polar surface area (TPSA) is 72.2 Å². The van der Waals surface area contributed by atoms with Gasteiger partial charge in [0.15, 0.2) is 0 Å². The Bertz CT molecular complexity index is 403. The van der Waals surface area contributed by atoms with E-state index in [0.717, 1.165) is 19.4 Å². The average molecular weight is 268 g/mol.